The fraction of sp³-hybridized carbons (Fsp3) is 0.842. The van der Waals surface area contributed by atoms with Gasteiger partial charge in [0.1, 0.15) is 12.1 Å². The van der Waals surface area contributed by atoms with Crippen LogP contribution in [0.2, 0.25) is 0 Å². The molecule has 4 N–H and O–H groups in total. The van der Waals surface area contributed by atoms with Gasteiger partial charge in [0.2, 0.25) is 11.8 Å². The van der Waals surface area contributed by atoms with Gasteiger partial charge >= 0.3 is 5.97 Å². The van der Waals surface area contributed by atoms with Gasteiger partial charge in [-0.2, -0.15) is 24.4 Å². The van der Waals surface area contributed by atoms with E-state index >= 15 is 0 Å². The maximum atomic E-state index is 12.8. The van der Waals surface area contributed by atoms with Gasteiger partial charge in [0.05, 0.1) is 6.04 Å². The highest BCUT2D eigenvalue weighted by atomic mass is 32.2. The number of thiol groups is 1. The Morgan fingerprint density at radius 3 is 2.14 bits per heavy atom. The normalized spacial score (nSPS) is 15.5. The van der Waals surface area contributed by atoms with Crippen molar-refractivity contribution in [2.75, 3.05) is 24.3 Å². The monoisotopic (exact) mass is 435 g/mol. The SMILES string of the molecule is CCC(C)C(NC(=O)C(NCCCS)C(C)C)C(=O)NC(CCSC)C(=O)O. The molecule has 2 amide bonds. The average Bonchev–Trinajstić information content (AvgIpc) is 2.64. The van der Waals surface area contributed by atoms with Crippen LogP contribution in [-0.2, 0) is 14.4 Å². The van der Waals surface area contributed by atoms with E-state index in [4.69, 9.17) is 0 Å². The van der Waals surface area contributed by atoms with Crippen molar-refractivity contribution in [3.8, 4) is 0 Å². The largest absolute Gasteiger partial charge is 0.480 e. The molecular weight excluding hydrogens is 398 g/mol. The molecule has 0 rings (SSSR count). The van der Waals surface area contributed by atoms with E-state index in [-0.39, 0.29) is 17.7 Å². The van der Waals surface area contributed by atoms with Crippen LogP contribution >= 0.6 is 24.4 Å². The zero-order valence-electron chi connectivity index (χ0n) is 17.7. The molecule has 28 heavy (non-hydrogen) atoms. The first-order valence-electron chi connectivity index (χ1n) is 9.86. The molecule has 0 aromatic rings. The minimum atomic E-state index is -1.06. The number of amides is 2. The minimum Gasteiger partial charge on any atom is -0.480 e. The minimum absolute atomic E-state index is 0.0499. The lowest BCUT2D eigenvalue weighted by Crippen LogP contribution is -2.58. The molecule has 164 valence electrons. The van der Waals surface area contributed by atoms with Crippen molar-refractivity contribution < 1.29 is 19.5 Å². The highest BCUT2D eigenvalue weighted by molar-refractivity contribution is 7.98. The highest BCUT2D eigenvalue weighted by Gasteiger charge is 2.32. The molecule has 9 heteroatoms. The van der Waals surface area contributed by atoms with Gasteiger partial charge in [-0.3, -0.25) is 9.59 Å². The van der Waals surface area contributed by atoms with Crippen molar-refractivity contribution >= 4 is 42.2 Å². The maximum Gasteiger partial charge on any atom is 0.326 e. The number of carbonyl (C=O) groups excluding carboxylic acids is 2. The Morgan fingerprint density at radius 1 is 1.07 bits per heavy atom. The smallest absolute Gasteiger partial charge is 0.326 e. The molecule has 0 aromatic carbocycles. The van der Waals surface area contributed by atoms with E-state index < -0.39 is 30.0 Å². The van der Waals surface area contributed by atoms with Gasteiger partial charge < -0.3 is 21.1 Å². The molecule has 7 nitrogen and oxygen atoms in total. The number of carboxylic acid groups (broad SMARTS) is 1. The van der Waals surface area contributed by atoms with Crippen molar-refractivity contribution in [1.29, 1.82) is 0 Å². The molecule has 0 aliphatic heterocycles. The van der Waals surface area contributed by atoms with Crippen molar-refractivity contribution in [2.45, 2.75) is 65.1 Å². The third-order valence-electron chi connectivity index (χ3n) is 4.67. The van der Waals surface area contributed by atoms with Crippen molar-refractivity contribution in [2.24, 2.45) is 11.8 Å². The molecule has 0 aromatic heterocycles. The standard InChI is InChI=1S/C19H37N3O4S2/c1-6-13(4)16(18(24)21-14(19(25)26)8-11-28-5)22-17(23)15(12(2)3)20-9-7-10-27/h12-16,20,27H,6-11H2,1-5H3,(H,21,24)(H,22,23)(H,25,26). The molecule has 4 unspecified atom stereocenters. The number of thioether (sulfide) groups is 1. The van der Waals surface area contributed by atoms with Gasteiger partial charge in [-0.15, -0.1) is 0 Å². The van der Waals surface area contributed by atoms with Crippen LogP contribution in [0.25, 0.3) is 0 Å². The highest BCUT2D eigenvalue weighted by Crippen LogP contribution is 2.11. The van der Waals surface area contributed by atoms with Crippen LogP contribution in [0.15, 0.2) is 0 Å². The van der Waals surface area contributed by atoms with E-state index in [0.29, 0.717) is 25.1 Å². The van der Waals surface area contributed by atoms with Crippen LogP contribution in [0.1, 0.15) is 47.0 Å². The van der Waals surface area contributed by atoms with Crippen LogP contribution in [0.5, 0.6) is 0 Å². The van der Waals surface area contributed by atoms with Crippen LogP contribution < -0.4 is 16.0 Å². The summed E-state index contributed by atoms with van der Waals surface area (Å²) in [4.78, 5) is 37.0. The lowest BCUT2D eigenvalue weighted by Gasteiger charge is -2.29. The summed E-state index contributed by atoms with van der Waals surface area (Å²) in [5, 5.41) is 18.0. The number of carboxylic acids is 1. The Kier molecular flexibility index (Phi) is 14.5. The molecule has 0 radical (unpaired) electrons. The van der Waals surface area contributed by atoms with Gasteiger partial charge in [0.15, 0.2) is 0 Å². The van der Waals surface area contributed by atoms with E-state index in [9.17, 15) is 19.5 Å². The predicted octanol–water partition coefficient (Wildman–Crippen LogP) is 1.77. The summed E-state index contributed by atoms with van der Waals surface area (Å²) in [6, 6.07) is -2.16. The first kappa shape index (κ1) is 27.1. The van der Waals surface area contributed by atoms with Gasteiger partial charge in [-0.25, -0.2) is 4.79 Å². The van der Waals surface area contributed by atoms with Crippen molar-refractivity contribution in [3.63, 3.8) is 0 Å². The first-order valence-corrected chi connectivity index (χ1v) is 11.9. The van der Waals surface area contributed by atoms with Crippen LogP contribution in [-0.4, -0.2) is 65.3 Å². The second kappa shape index (κ2) is 15.0. The van der Waals surface area contributed by atoms with Gasteiger partial charge in [-0.05, 0) is 49.0 Å². The van der Waals surface area contributed by atoms with Crippen molar-refractivity contribution in [1.82, 2.24) is 16.0 Å². The molecule has 0 saturated carbocycles. The number of aliphatic carboxylic acids is 1. The number of nitrogens with one attached hydrogen (secondary N) is 3. The van der Waals surface area contributed by atoms with Crippen LogP contribution in [0.3, 0.4) is 0 Å². The summed E-state index contributed by atoms with van der Waals surface area (Å²) < 4.78 is 0. The molecule has 0 heterocycles. The fourth-order valence-corrected chi connectivity index (χ4v) is 3.30. The quantitative estimate of drug-likeness (QED) is 0.198. The summed E-state index contributed by atoms with van der Waals surface area (Å²) >= 11 is 5.70. The summed E-state index contributed by atoms with van der Waals surface area (Å²) in [5.74, 6) is -0.477. The molecule has 0 bridgehead atoms. The fourth-order valence-electron chi connectivity index (χ4n) is 2.67. The van der Waals surface area contributed by atoms with E-state index in [1.54, 1.807) is 0 Å². The van der Waals surface area contributed by atoms with E-state index in [1.807, 2.05) is 34.0 Å². The lowest BCUT2D eigenvalue weighted by molar-refractivity contribution is -0.142. The Bertz CT molecular complexity index is 492. The Labute approximate surface area is 179 Å². The average molecular weight is 436 g/mol. The maximum absolute atomic E-state index is 12.8. The van der Waals surface area contributed by atoms with E-state index in [0.717, 1.165) is 12.2 Å². The predicted molar refractivity (Wildman–Crippen MR) is 119 cm³/mol. The number of carbonyl (C=O) groups is 3. The lowest BCUT2D eigenvalue weighted by atomic mass is 9.96. The summed E-state index contributed by atoms with van der Waals surface area (Å²) in [5.41, 5.74) is 0. The van der Waals surface area contributed by atoms with Gasteiger partial charge in [0.25, 0.3) is 0 Å². The molecule has 0 saturated heterocycles. The molecule has 0 aliphatic rings. The van der Waals surface area contributed by atoms with E-state index in [2.05, 4.69) is 28.6 Å². The summed E-state index contributed by atoms with van der Waals surface area (Å²) in [6.07, 6.45) is 3.74. The number of rotatable bonds is 15. The second-order valence-electron chi connectivity index (χ2n) is 7.31. The third kappa shape index (κ3) is 10.0. The zero-order chi connectivity index (χ0) is 21.7. The summed E-state index contributed by atoms with van der Waals surface area (Å²) in [6.45, 7) is 8.36. The van der Waals surface area contributed by atoms with E-state index in [1.165, 1.54) is 11.8 Å². The number of hydrogen-bond donors (Lipinski definition) is 5. The molecule has 0 spiro atoms. The second-order valence-corrected chi connectivity index (χ2v) is 8.74. The number of hydrogen-bond acceptors (Lipinski definition) is 6. The Morgan fingerprint density at radius 2 is 1.68 bits per heavy atom. The van der Waals surface area contributed by atoms with Gasteiger partial charge in [-0.1, -0.05) is 34.1 Å². The molecule has 0 aliphatic carbocycles. The third-order valence-corrected chi connectivity index (χ3v) is 5.63. The van der Waals surface area contributed by atoms with Gasteiger partial charge in [0, 0.05) is 0 Å². The first-order chi connectivity index (χ1) is 13.2. The Hall–Kier alpha value is -0.930. The Balaban J connectivity index is 5.20. The van der Waals surface area contributed by atoms with Crippen molar-refractivity contribution in [3.05, 3.63) is 0 Å². The van der Waals surface area contributed by atoms with Crippen LogP contribution in [0.4, 0.5) is 0 Å². The molecule has 4 atom stereocenters. The van der Waals surface area contributed by atoms with Crippen LogP contribution in [0, 0.1) is 11.8 Å². The topological polar surface area (TPSA) is 108 Å². The zero-order valence-corrected chi connectivity index (χ0v) is 19.4. The molecular formula is C19H37N3O4S2. The molecule has 0 fully saturated rings. The summed E-state index contributed by atoms with van der Waals surface area (Å²) in [7, 11) is 0.